The van der Waals surface area contributed by atoms with Crippen molar-refractivity contribution in [3.63, 3.8) is 0 Å². The molecule has 3 rings (SSSR count). The van der Waals surface area contributed by atoms with E-state index >= 15 is 0 Å². The molecule has 2 N–H and O–H groups in total. The molecule has 0 unspecified atom stereocenters. The van der Waals surface area contributed by atoms with Crippen molar-refractivity contribution >= 4 is 29.1 Å². The SMILES string of the molecule is CC(C)CCNC(=O)c1nc(C(=O)Nc2cccc(Cl)c2)n2c1CCCC2. The van der Waals surface area contributed by atoms with Crippen LogP contribution in [-0.4, -0.2) is 27.9 Å². The van der Waals surface area contributed by atoms with Crippen LogP contribution in [0.1, 0.15) is 59.9 Å². The maximum atomic E-state index is 12.8. The fraction of sp³-hybridized carbons (Fsp3) is 0.450. The maximum Gasteiger partial charge on any atom is 0.291 e. The van der Waals surface area contributed by atoms with Crippen LogP contribution in [0.5, 0.6) is 0 Å². The molecule has 6 nitrogen and oxygen atoms in total. The van der Waals surface area contributed by atoms with Crippen molar-refractivity contribution in [3.8, 4) is 0 Å². The quantitative estimate of drug-likeness (QED) is 0.787. The Hall–Kier alpha value is -2.34. The molecule has 0 spiro atoms. The van der Waals surface area contributed by atoms with Gasteiger partial charge in [0.25, 0.3) is 11.8 Å². The van der Waals surface area contributed by atoms with Crippen LogP contribution in [0.2, 0.25) is 5.02 Å². The van der Waals surface area contributed by atoms with Crippen molar-refractivity contribution in [1.29, 1.82) is 0 Å². The van der Waals surface area contributed by atoms with Crippen LogP contribution in [-0.2, 0) is 13.0 Å². The van der Waals surface area contributed by atoms with Gasteiger partial charge in [0.2, 0.25) is 0 Å². The summed E-state index contributed by atoms with van der Waals surface area (Å²) in [6.45, 7) is 5.53. The number of hydrogen-bond donors (Lipinski definition) is 2. The Kier molecular flexibility index (Phi) is 6.16. The summed E-state index contributed by atoms with van der Waals surface area (Å²) in [7, 11) is 0. The molecule has 0 atom stereocenters. The molecule has 2 amide bonds. The molecule has 2 aromatic rings. The number of imidazole rings is 1. The number of nitrogens with one attached hydrogen (secondary N) is 2. The van der Waals surface area contributed by atoms with Crippen molar-refractivity contribution < 1.29 is 9.59 Å². The van der Waals surface area contributed by atoms with Crippen LogP contribution >= 0.6 is 11.6 Å². The predicted molar refractivity (Wildman–Crippen MR) is 106 cm³/mol. The van der Waals surface area contributed by atoms with Crippen LogP contribution in [0.15, 0.2) is 24.3 Å². The van der Waals surface area contributed by atoms with Gasteiger partial charge in [-0.3, -0.25) is 9.59 Å². The van der Waals surface area contributed by atoms with Crippen molar-refractivity contribution in [2.45, 2.75) is 46.1 Å². The first-order valence-electron chi connectivity index (χ1n) is 9.40. The molecule has 0 aliphatic carbocycles. The van der Waals surface area contributed by atoms with Gasteiger partial charge in [0.1, 0.15) is 5.69 Å². The number of aromatic nitrogens is 2. The maximum absolute atomic E-state index is 12.8. The lowest BCUT2D eigenvalue weighted by Gasteiger charge is -2.17. The molecule has 0 saturated carbocycles. The molecule has 0 bridgehead atoms. The largest absolute Gasteiger partial charge is 0.351 e. The standard InChI is InChI=1S/C20H25ClN4O2/c1-13(2)9-10-22-19(26)17-16-8-3-4-11-25(16)18(24-17)20(27)23-15-7-5-6-14(21)12-15/h5-7,12-13H,3-4,8-11H2,1-2H3,(H,22,26)(H,23,27). The van der Waals surface area contributed by atoms with Gasteiger partial charge in [0.05, 0.1) is 5.69 Å². The Morgan fingerprint density at radius 1 is 1.26 bits per heavy atom. The second-order valence-electron chi connectivity index (χ2n) is 7.24. The van der Waals surface area contributed by atoms with E-state index in [0.717, 1.165) is 31.4 Å². The third kappa shape index (κ3) is 4.69. The number of benzene rings is 1. The van der Waals surface area contributed by atoms with E-state index in [2.05, 4.69) is 29.5 Å². The van der Waals surface area contributed by atoms with E-state index in [1.54, 1.807) is 24.3 Å². The minimum absolute atomic E-state index is 0.205. The molecule has 1 aliphatic heterocycles. The Morgan fingerprint density at radius 2 is 2.07 bits per heavy atom. The molecule has 0 saturated heterocycles. The number of rotatable bonds is 6. The zero-order valence-corrected chi connectivity index (χ0v) is 16.5. The van der Waals surface area contributed by atoms with E-state index in [4.69, 9.17) is 11.6 Å². The number of carbonyl (C=O) groups excluding carboxylic acids is 2. The highest BCUT2D eigenvalue weighted by Gasteiger charge is 2.27. The van der Waals surface area contributed by atoms with Gasteiger partial charge in [0.15, 0.2) is 5.82 Å². The number of hydrogen-bond acceptors (Lipinski definition) is 3. The zero-order chi connectivity index (χ0) is 19.4. The summed E-state index contributed by atoms with van der Waals surface area (Å²) in [5.74, 6) is 0.253. The highest BCUT2D eigenvalue weighted by molar-refractivity contribution is 6.30. The van der Waals surface area contributed by atoms with E-state index in [1.807, 2.05) is 4.57 Å². The Morgan fingerprint density at radius 3 is 2.81 bits per heavy atom. The summed E-state index contributed by atoms with van der Waals surface area (Å²) in [5, 5.41) is 6.29. The van der Waals surface area contributed by atoms with Gasteiger partial charge < -0.3 is 15.2 Å². The normalized spacial score (nSPS) is 13.3. The van der Waals surface area contributed by atoms with Gasteiger partial charge in [-0.25, -0.2) is 4.98 Å². The Balaban J connectivity index is 1.82. The molecule has 1 aliphatic rings. The topological polar surface area (TPSA) is 76.0 Å². The molecular formula is C20H25ClN4O2. The molecule has 1 aromatic heterocycles. The average molecular weight is 389 g/mol. The van der Waals surface area contributed by atoms with Gasteiger partial charge in [-0.1, -0.05) is 31.5 Å². The van der Waals surface area contributed by atoms with Crippen LogP contribution in [0, 0.1) is 5.92 Å². The molecule has 7 heteroatoms. The minimum Gasteiger partial charge on any atom is -0.351 e. The number of anilines is 1. The smallest absolute Gasteiger partial charge is 0.291 e. The summed E-state index contributed by atoms with van der Waals surface area (Å²) in [6.07, 6.45) is 3.62. The van der Waals surface area contributed by atoms with E-state index < -0.39 is 0 Å². The first-order chi connectivity index (χ1) is 13.0. The summed E-state index contributed by atoms with van der Waals surface area (Å²) in [4.78, 5) is 29.8. The van der Waals surface area contributed by atoms with Gasteiger partial charge in [-0.15, -0.1) is 0 Å². The summed E-state index contributed by atoms with van der Waals surface area (Å²) >= 11 is 5.98. The number of fused-ring (bicyclic) bond motifs is 1. The summed E-state index contributed by atoms with van der Waals surface area (Å²) in [5.41, 5.74) is 1.82. The van der Waals surface area contributed by atoms with E-state index in [1.165, 1.54) is 0 Å². The van der Waals surface area contributed by atoms with Gasteiger partial charge in [-0.05, 0) is 49.8 Å². The fourth-order valence-electron chi connectivity index (χ4n) is 3.21. The fourth-order valence-corrected chi connectivity index (χ4v) is 3.40. The van der Waals surface area contributed by atoms with Crippen LogP contribution in [0.25, 0.3) is 0 Å². The molecule has 2 heterocycles. The first-order valence-corrected chi connectivity index (χ1v) is 9.78. The van der Waals surface area contributed by atoms with Crippen LogP contribution < -0.4 is 10.6 Å². The lowest BCUT2D eigenvalue weighted by atomic mass is 10.1. The number of amides is 2. The van der Waals surface area contributed by atoms with Gasteiger partial charge >= 0.3 is 0 Å². The van der Waals surface area contributed by atoms with E-state index in [9.17, 15) is 9.59 Å². The van der Waals surface area contributed by atoms with Crippen molar-refractivity contribution in [2.75, 3.05) is 11.9 Å². The zero-order valence-electron chi connectivity index (χ0n) is 15.7. The van der Waals surface area contributed by atoms with Gasteiger partial charge in [0, 0.05) is 23.8 Å². The van der Waals surface area contributed by atoms with E-state index in [0.29, 0.717) is 35.4 Å². The monoisotopic (exact) mass is 388 g/mol. The van der Waals surface area contributed by atoms with Crippen molar-refractivity contribution in [1.82, 2.24) is 14.9 Å². The van der Waals surface area contributed by atoms with Crippen molar-refractivity contribution in [2.24, 2.45) is 5.92 Å². The van der Waals surface area contributed by atoms with Crippen LogP contribution in [0.3, 0.4) is 0 Å². The predicted octanol–water partition coefficient (Wildman–Crippen LogP) is 3.90. The third-order valence-corrected chi connectivity index (χ3v) is 4.86. The molecule has 27 heavy (non-hydrogen) atoms. The number of halogens is 1. The lowest BCUT2D eigenvalue weighted by molar-refractivity contribution is 0.0946. The molecule has 144 valence electrons. The minimum atomic E-state index is -0.332. The second-order valence-corrected chi connectivity index (χ2v) is 7.68. The number of nitrogens with zero attached hydrogens (tertiary/aromatic N) is 2. The lowest BCUT2D eigenvalue weighted by Crippen LogP contribution is -2.27. The Bertz CT molecular complexity index is 845. The first kappa shape index (κ1) is 19.4. The summed E-state index contributed by atoms with van der Waals surface area (Å²) < 4.78 is 1.88. The van der Waals surface area contributed by atoms with E-state index in [-0.39, 0.29) is 17.6 Å². The third-order valence-electron chi connectivity index (χ3n) is 4.63. The Labute approximate surface area is 164 Å². The van der Waals surface area contributed by atoms with Crippen LogP contribution in [0.4, 0.5) is 5.69 Å². The second kappa shape index (κ2) is 8.57. The highest BCUT2D eigenvalue weighted by atomic mass is 35.5. The molecular weight excluding hydrogens is 364 g/mol. The average Bonchev–Trinajstić information content (AvgIpc) is 3.01. The molecule has 0 radical (unpaired) electrons. The molecule has 1 aromatic carbocycles. The molecule has 0 fully saturated rings. The van der Waals surface area contributed by atoms with Gasteiger partial charge in [-0.2, -0.15) is 0 Å². The van der Waals surface area contributed by atoms with Crippen molar-refractivity contribution in [3.05, 3.63) is 46.5 Å². The number of carbonyl (C=O) groups is 2. The summed E-state index contributed by atoms with van der Waals surface area (Å²) in [6, 6.07) is 6.96. The highest BCUT2D eigenvalue weighted by Crippen LogP contribution is 2.22.